The van der Waals surface area contributed by atoms with Crippen LogP contribution in [0.2, 0.25) is 0 Å². The zero-order valence-corrected chi connectivity index (χ0v) is 12.1. The molecule has 0 bridgehead atoms. The fraction of sp³-hybridized carbons (Fsp3) is 0.643. The molecular formula is C14H26N4. The molecule has 1 rings (SSSR count). The van der Waals surface area contributed by atoms with Gasteiger partial charge in [-0.2, -0.15) is 0 Å². The molecule has 1 aromatic rings. The Bertz CT molecular complexity index is 341. The number of nitrogens with zero attached hydrogens (tertiary/aromatic N) is 3. The lowest BCUT2D eigenvalue weighted by Crippen LogP contribution is -2.24. The Kier molecular flexibility index (Phi) is 6.09. The highest BCUT2D eigenvalue weighted by Gasteiger charge is 2.06. The molecule has 0 aliphatic carbocycles. The van der Waals surface area contributed by atoms with E-state index < -0.39 is 0 Å². The summed E-state index contributed by atoms with van der Waals surface area (Å²) in [6.45, 7) is 4.82. The van der Waals surface area contributed by atoms with Gasteiger partial charge in [-0.15, -0.1) is 0 Å². The van der Waals surface area contributed by atoms with Crippen LogP contribution in [-0.4, -0.2) is 44.1 Å². The second-order valence-electron chi connectivity index (χ2n) is 4.96. The molecule has 2 N–H and O–H groups in total. The van der Waals surface area contributed by atoms with E-state index in [9.17, 15) is 0 Å². The maximum absolute atomic E-state index is 5.73. The Balaban J connectivity index is 2.68. The number of anilines is 1. The molecule has 4 nitrogen and oxygen atoms in total. The summed E-state index contributed by atoms with van der Waals surface area (Å²) < 4.78 is 0. The van der Waals surface area contributed by atoms with Crippen LogP contribution in [0, 0.1) is 0 Å². The van der Waals surface area contributed by atoms with Crippen LogP contribution in [0.3, 0.4) is 0 Å². The Hall–Kier alpha value is -1.13. The van der Waals surface area contributed by atoms with Crippen molar-refractivity contribution in [2.24, 2.45) is 5.73 Å². The molecule has 0 aliphatic heterocycles. The molecule has 0 atom stereocenters. The molecule has 0 saturated heterocycles. The van der Waals surface area contributed by atoms with Crippen molar-refractivity contribution in [1.29, 1.82) is 0 Å². The van der Waals surface area contributed by atoms with E-state index in [1.54, 1.807) is 0 Å². The van der Waals surface area contributed by atoms with Gasteiger partial charge in [-0.1, -0.05) is 6.92 Å². The standard InChI is InChI=1S/C14H26N4/c1-5-13-9-12(11-15)10-14(16-13)18(4)8-6-7-17(2)3/h9-10H,5-8,11,15H2,1-4H3. The van der Waals surface area contributed by atoms with Crippen LogP contribution >= 0.6 is 0 Å². The van der Waals surface area contributed by atoms with Crippen LogP contribution in [0.5, 0.6) is 0 Å². The highest BCUT2D eigenvalue weighted by atomic mass is 15.2. The third-order valence-corrected chi connectivity index (χ3v) is 3.01. The molecule has 0 radical (unpaired) electrons. The molecule has 0 unspecified atom stereocenters. The summed E-state index contributed by atoms with van der Waals surface area (Å²) in [5.41, 5.74) is 8.01. The molecule has 0 saturated carbocycles. The smallest absolute Gasteiger partial charge is 0.128 e. The molecule has 1 heterocycles. The highest BCUT2D eigenvalue weighted by Crippen LogP contribution is 2.14. The van der Waals surface area contributed by atoms with Crippen LogP contribution in [-0.2, 0) is 13.0 Å². The summed E-state index contributed by atoms with van der Waals surface area (Å²) >= 11 is 0. The van der Waals surface area contributed by atoms with Gasteiger partial charge in [0.05, 0.1) is 0 Å². The summed E-state index contributed by atoms with van der Waals surface area (Å²) in [6.07, 6.45) is 2.09. The van der Waals surface area contributed by atoms with E-state index >= 15 is 0 Å². The fourth-order valence-corrected chi connectivity index (χ4v) is 1.87. The van der Waals surface area contributed by atoms with Crippen molar-refractivity contribution in [2.75, 3.05) is 39.1 Å². The minimum absolute atomic E-state index is 0.577. The molecule has 102 valence electrons. The third-order valence-electron chi connectivity index (χ3n) is 3.01. The minimum atomic E-state index is 0.577. The van der Waals surface area contributed by atoms with Crippen LogP contribution in [0.25, 0.3) is 0 Å². The van der Waals surface area contributed by atoms with E-state index in [0.717, 1.165) is 43.0 Å². The van der Waals surface area contributed by atoms with E-state index in [0.29, 0.717) is 6.54 Å². The quantitative estimate of drug-likeness (QED) is 0.796. The number of hydrogen-bond acceptors (Lipinski definition) is 4. The highest BCUT2D eigenvalue weighted by molar-refractivity contribution is 5.42. The van der Waals surface area contributed by atoms with Crippen molar-refractivity contribution in [3.05, 3.63) is 23.4 Å². The van der Waals surface area contributed by atoms with Gasteiger partial charge in [-0.3, -0.25) is 0 Å². The van der Waals surface area contributed by atoms with Crippen LogP contribution < -0.4 is 10.6 Å². The second kappa shape index (κ2) is 7.34. The molecule has 18 heavy (non-hydrogen) atoms. The molecule has 4 heteroatoms. The van der Waals surface area contributed by atoms with Gasteiger partial charge in [-0.05, 0) is 51.2 Å². The third kappa shape index (κ3) is 4.63. The summed E-state index contributed by atoms with van der Waals surface area (Å²) in [4.78, 5) is 9.07. The molecule has 0 aliphatic rings. The van der Waals surface area contributed by atoms with Gasteiger partial charge in [0.2, 0.25) is 0 Å². The Morgan fingerprint density at radius 3 is 2.44 bits per heavy atom. The van der Waals surface area contributed by atoms with E-state index in [2.05, 4.69) is 55.0 Å². The van der Waals surface area contributed by atoms with Gasteiger partial charge >= 0.3 is 0 Å². The lowest BCUT2D eigenvalue weighted by molar-refractivity contribution is 0.401. The van der Waals surface area contributed by atoms with Crippen molar-refractivity contribution < 1.29 is 0 Å². The van der Waals surface area contributed by atoms with Crippen LogP contribution in [0.1, 0.15) is 24.6 Å². The Labute approximate surface area is 111 Å². The number of aryl methyl sites for hydroxylation is 1. The molecule has 1 aromatic heterocycles. The first-order valence-corrected chi connectivity index (χ1v) is 6.62. The number of nitrogens with two attached hydrogens (primary N) is 1. The van der Waals surface area contributed by atoms with Crippen LogP contribution in [0.15, 0.2) is 12.1 Å². The van der Waals surface area contributed by atoms with Gasteiger partial charge in [0.25, 0.3) is 0 Å². The van der Waals surface area contributed by atoms with Gasteiger partial charge in [0, 0.05) is 25.8 Å². The summed E-state index contributed by atoms with van der Waals surface area (Å²) in [5.74, 6) is 1.04. The number of rotatable bonds is 7. The number of hydrogen-bond donors (Lipinski definition) is 1. The average Bonchev–Trinajstić information content (AvgIpc) is 2.37. The molecule has 0 spiro atoms. The zero-order chi connectivity index (χ0) is 13.5. The van der Waals surface area contributed by atoms with E-state index in [1.165, 1.54) is 0 Å². The van der Waals surface area contributed by atoms with Crippen molar-refractivity contribution in [2.45, 2.75) is 26.3 Å². The number of aromatic nitrogens is 1. The predicted molar refractivity (Wildman–Crippen MR) is 77.9 cm³/mol. The maximum Gasteiger partial charge on any atom is 0.128 e. The number of pyridine rings is 1. The lowest BCUT2D eigenvalue weighted by atomic mass is 10.2. The van der Waals surface area contributed by atoms with Crippen molar-refractivity contribution in [1.82, 2.24) is 9.88 Å². The fourth-order valence-electron chi connectivity index (χ4n) is 1.87. The Morgan fingerprint density at radius 2 is 1.89 bits per heavy atom. The first-order chi connectivity index (χ1) is 8.56. The first-order valence-electron chi connectivity index (χ1n) is 6.62. The SMILES string of the molecule is CCc1cc(CN)cc(N(C)CCCN(C)C)n1. The lowest BCUT2D eigenvalue weighted by Gasteiger charge is -2.20. The maximum atomic E-state index is 5.73. The predicted octanol–water partition coefficient (Wildman–Crippen LogP) is 1.49. The first kappa shape index (κ1) is 14.9. The zero-order valence-electron chi connectivity index (χ0n) is 12.1. The van der Waals surface area contributed by atoms with Gasteiger partial charge in [-0.25, -0.2) is 4.98 Å². The Morgan fingerprint density at radius 1 is 1.17 bits per heavy atom. The molecule has 0 amide bonds. The summed E-state index contributed by atoms with van der Waals surface area (Å²) in [7, 11) is 6.29. The largest absolute Gasteiger partial charge is 0.360 e. The normalized spacial score (nSPS) is 11.0. The van der Waals surface area contributed by atoms with Gasteiger partial charge < -0.3 is 15.5 Å². The average molecular weight is 250 g/mol. The summed E-state index contributed by atoms with van der Waals surface area (Å²) in [5, 5.41) is 0. The van der Waals surface area contributed by atoms with Crippen molar-refractivity contribution >= 4 is 5.82 Å². The molecule has 0 aromatic carbocycles. The van der Waals surface area contributed by atoms with Crippen LogP contribution in [0.4, 0.5) is 5.82 Å². The topological polar surface area (TPSA) is 45.4 Å². The minimum Gasteiger partial charge on any atom is -0.360 e. The molecule has 0 fully saturated rings. The second-order valence-corrected chi connectivity index (χ2v) is 4.96. The molecular weight excluding hydrogens is 224 g/mol. The van der Waals surface area contributed by atoms with E-state index in [1.807, 2.05) is 0 Å². The van der Waals surface area contributed by atoms with E-state index in [-0.39, 0.29) is 0 Å². The van der Waals surface area contributed by atoms with Gasteiger partial charge in [0.1, 0.15) is 5.82 Å². The van der Waals surface area contributed by atoms with Crippen molar-refractivity contribution in [3.8, 4) is 0 Å². The summed E-state index contributed by atoms with van der Waals surface area (Å²) in [6, 6.07) is 4.19. The van der Waals surface area contributed by atoms with Crippen molar-refractivity contribution in [3.63, 3.8) is 0 Å². The van der Waals surface area contributed by atoms with E-state index in [4.69, 9.17) is 5.73 Å². The van der Waals surface area contributed by atoms with Gasteiger partial charge in [0.15, 0.2) is 0 Å². The monoisotopic (exact) mass is 250 g/mol.